The van der Waals surface area contributed by atoms with Crippen LogP contribution in [0.4, 0.5) is 0 Å². The SMILES string of the molecule is CCOC(=O)C#P=O. The molecule has 0 aromatic heterocycles. The second-order valence-corrected chi connectivity index (χ2v) is 1.33. The molecule has 0 saturated heterocycles. The van der Waals surface area contributed by atoms with Crippen molar-refractivity contribution in [2.75, 3.05) is 6.61 Å². The van der Waals surface area contributed by atoms with Crippen molar-refractivity contribution in [2.45, 2.75) is 6.92 Å². The minimum atomic E-state index is -0.663. The van der Waals surface area contributed by atoms with E-state index in [1.165, 1.54) is 0 Å². The fourth-order valence-electron chi connectivity index (χ4n) is 0.201. The van der Waals surface area contributed by atoms with Crippen molar-refractivity contribution in [1.29, 1.82) is 0 Å². The fraction of sp³-hybridized carbons (Fsp3) is 0.500. The van der Waals surface area contributed by atoms with Gasteiger partial charge >= 0.3 is 47.1 Å². The molecule has 0 spiro atoms. The van der Waals surface area contributed by atoms with Gasteiger partial charge in [0.15, 0.2) is 0 Å². The van der Waals surface area contributed by atoms with Crippen molar-refractivity contribution in [2.24, 2.45) is 0 Å². The van der Waals surface area contributed by atoms with Gasteiger partial charge in [0, 0.05) is 0 Å². The molecule has 0 aliphatic heterocycles. The van der Waals surface area contributed by atoms with Crippen molar-refractivity contribution >= 4 is 13.9 Å². The standard InChI is InChI=1S/C4H5O3P/c1-2-7-4(5)3-8-6/h2H2,1H3. The Morgan fingerprint density at radius 2 is 2.50 bits per heavy atom. The van der Waals surface area contributed by atoms with Gasteiger partial charge in [0.2, 0.25) is 0 Å². The van der Waals surface area contributed by atoms with Gasteiger partial charge < -0.3 is 0 Å². The van der Waals surface area contributed by atoms with Gasteiger partial charge in [0.25, 0.3) is 0 Å². The van der Waals surface area contributed by atoms with Gasteiger partial charge in [-0.1, -0.05) is 0 Å². The number of rotatable bonds is 1. The third-order valence-corrected chi connectivity index (χ3v) is 0.686. The molecule has 0 fully saturated rings. The first kappa shape index (κ1) is 7.48. The first-order chi connectivity index (χ1) is 3.81. The molecule has 4 heteroatoms. The second-order valence-electron chi connectivity index (χ2n) is 0.924. The molecule has 0 aromatic carbocycles. The van der Waals surface area contributed by atoms with Crippen molar-refractivity contribution in [3.8, 4) is 5.63 Å². The normalized spacial score (nSPS) is 7.12. The number of hydrogen-bond acceptors (Lipinski definition) is 3. The summed E-state index contributed by atoms with van der Waals surface area (Å²) in [5.74, 6) is -0.663. The van der Waals surface area contributed by atoms with Crippen LogP contribution in [0.2, 0.25) is 0 Å². The Morgan fingerprint density at radius 3 is 2.88 bits per heavy atom. The third kappa shape index (κ3) is 3.66. The average molecular weight is 132 g/mol. The Balaban J connectivity index is 3.61. The van der Waals surface area contributed by atoms with E-state index in [1.54, 1.807) is 6.92 Å². The van der Waals surface area contributed by atoms with Crippen molar-refractivity contribution in [3.05, 3.63) is 0 Å². The maximum atomic E-state index is 10.1. The summed E-state index contributed by atoms with van der Waals surface area (Å²) in [6.07, 6.45) is 0. The monoisotopic (exact) mass is 132 g/mol. The predicted molar refractivity (Wildman–Crippen MR) is 28.1 cm³/mol. The van der Waals surface area contributed by atoms with Crippen LogP contribution in [0, 0.1) is 5.63 Å². The first-order valence-electron chi connectivity index (χ1n) is 2.06. The van der Waals surface area contributed by atoms with Crippen LogP contribution in [-0.4, -0.2) is 12.6 Å². The number of hydrogen-bond donors (Lipinski definition) is 0. The Labute approximate surface area is 48.1 Å². The molecule has 0 amide bonds. The molecule has 0 aliphatic rings. The van der Waals surface area contributed by atoms with E-state index in [-0.39, 0.29) is 0 Å². The van der Waals surface area contributed by atoms with Crippen LogP contribution in [0.1, 0.15) is 6.92 Å². The summed E-state index contributed by atoms with van der Waals surface area (Å²) in [6.45, 7) is 1.96. The zero-order valence-corrected chi connectivity index (χ0v) is 5.27. The van der Waals surface area contributed by atoms with Gasteiger partial charge in [-0.2, -0.15) is 0 Å². The van der Waals surface area contributed by atoms with E-state index in [2.05, 4.69) is 4.74 Å². The van der Waals surface area contributed by atoms with Gasteiger partial charge in [-0.05, 0) is 0 Å². The predicted octanol–water partition coefficient (Wildman–Crippen LogP) is 0.800. The number of ether oxygens (including phenoxy) is 1. The number of carbonyl (C=O) groups is 1. The van der Waals surface area contributed by atoms with E-state index in [0.29, 0.717) is 6.61 Å². The topological polar surface area (TPSA) is 43.4 Å². The summed E-state index contributed by atoms with van der Waals surface area (Å²) in [5.41, 5.74) is 1.90. The molecule has 0 N–H and O–H groups in total. The van der Waals surface area contributed by atoms with Crippen molar-refractivity contribution in [1.82, 2.24) is 0 Å². The molecule has 0 aromatic rings. The summed E-state index contributed by atoms with van der Waals surface area (Å²) in [4.78, 5) is 10.1. The quantitative estimate of drug-likeness (QED) is 0.391. The van der Waals surface area contributed by atoms with E-state index in [9.17, 15) is 9.36 Å². The molecule has 0 atom stereocenters. The number of carbonyl (C=O) groups excluding carboxylic acids is 1. The summed E-state index contributed by atoms with van der Waals surface area (Å²) in [7, 11) is -0.426. The third-order valence-electron chi connectivity index (χ3n) is 0.412. The maximum absolute atomic E-state index is 10.1. The van der Waals surface area contributed by atoms with Crippen LogP contribution >= 0.6 is 7.92 Å². The van der Waals surface area contributed by atoms with E-state index >= 15 is 0 Å². The Hall–Kier alpha value is -0.520. The molecule has 0 unspecified atom stereocenters. The number of esters is 1. The van der Waals surface area contributed by atoms with E-state index in [0.717, 1.165) is 0 Å². The van der Waals surface area contributed by atoms with Gasteiger partial charge in [0.1, 0.15) is 0 Å². The molecule has 0 bridgehead atoms. The van der Waals surface area contributed by atoms with E-state index in [4.69, 9.17) is 0 Å². The summed E-state index contributed by atoms with van der Waals surface area (Å²) >= 11 is 0. The molecule has 0 radical (unpaired) electrons. The molecule has 44 valence electrons. The van der Waals surface area contributed by atoms with Crippen molar-refractivity contribution in [3.63, 3.8) is 0 Å². The van der Waals surface area contributed by atoms with Crippen LogP contribution in [0.25, 0.3) is 0 Å². The van der Waals surface area contributed by atoms with Crippen LogP contribution in [0.3, 0.4) is 0 Å². The van der Waals surface area contributed by atoms with E-state index in [1.807, 2.05) is 5.63 Å². The Kier molecular flexibility index (Phi) is 4.33. The average Bonchev–Trinajstić information content (AvgIpc) is 1.68. The van der Waals surface area contributed by atoms with Crippen LogP contribution in [0.5, 0.6) is 0 Å². The molecule has 0 rings (SSSR count). The summed E-state index contributed by atoms with van der Waals surface area (Å²) in [5, 5.41) is 0. The zero-order valence-electron chi connectivity index (χ0n) is 4.38. The fourth-order valence-corrected chi connectivity index (χ4v) is 0.340. The second kappa shape index (κ2) is 4.63. The summed E-state index contributed by atoms with van der Waals surface area (Å²) in [6, 6.07) is 0. The van der Waals surface area contributed by atoms with E-state index < -0.39 is 13.9 Å². The molecular weight excluding hydrogens is 127 g/mol. The molecule has 0 heterocycles. The minimum absolute atomic E-state index is 0.293. The summed E-state index contributed by atoms with van der Waals surface area (Å²) < 4.78 is 13.9. The van der Waals surface area contributed by atoms with Crippen molar-refractivity contribution < 1.29 is 14.1 Å². The molecule has 3 nitrogen and oxygen atoms in total. The van der Waals surface area contributed by atoms with Gasteiger partial charge in [-0.3, -0.25) is 0 Å². The molecule has 8 heavy (non-hydrogen) atoms. The molecule has 0 aliphatic carbocycles. The molecule has 0 saturated carbocycles. The van der Waals surface area contributed by atoms with Gasteiger partial charge in [-0.25, -0.2) is 0 Å². The Morgan fingerprint density at radius 1 is 1.88 bits per heavy atom. The van der Waals surface area contributed by atoms with Gasteiger partial charge in [0.05, 0.1) is 0 Å². The Bertz CT molecular complexity index is 167. The zero-order chi connectivity index (χ0) is 6.41. The first-order valence-corrected chi connectivity index (χ1v) is 2.87. The molecular formula is C4H5O3P. The van der Waals surface area contributed by atoms with Crippen LogP contribution < -0.4 is 0 Å². The van der Waals surface area contributed by atoms with Crippen LogP contribution in [0.15, 0.2) is 0 Å². The van der Waals surface area contributed by atoms with Gasteiger partial charge in [-0.15, -0.1) is 0 Å². The van der Waals surface area contributed by atoms with Crippen LogP contribution in [-0.2, 0) is 14.1 Å².